The number of anilines is 1. The molecule has 1 aliphatic rings. The fraction of sp³-hybridized carbons (Fsp3) is 0.455. The summed E-state index contributed by atoms with van der Waals surface area (Å²) < 4.78 is 5.16. The lowest BCUT2D eigenvalue weighted by Crippen LogP contribution is -2.35. The van der Waals surface area contributed by atoms with E-state index in [1.807, 2.05) is 36.4 Å². The molecule has 6 heteroatoms. The van der Waals surface area contributed by atoms with Gasteiger partial charge in [0.1, 0.15) is 11.6 Å². The minimum atomic E-state index is -0.0900. The Bertz CT molecular complexity index is 739. The van der Waals surface area contributed by atoms with Gasteiger partial charge in [0.15, 0.2) is 0 Å². The quantitative estimate of drug-likeness (QED) is 0.686. The molecular formula is C22H29N3O3. The van der Waals surface area contributed by atoms with Crippen LogP contribution in [0.3, 0.4) is 0 Å². The molecule has 0 aliphatic carbocycles. The molecule has 1 saturated heterocycles. The number of nitrogens with zero attached hydrogens (tertiary/aromatic N) is 2. The van der Waals surface area contributed by atoms with Crippen molar-refractivity contribution in [3.05, 3.63) is 53.7 Å². The van der Waals surface area contributed by atoms with E-state index in [2.05, 4.69) is 15.2 Å². The number of aromatic nitrogens is 1. The smallest absolute Gasteiger partial charge is 0.252 e. The van der Waals surface area contributed by atoms with Crippen LogP contribution in [-0.4, -0.2) is 49.3 Å². The molecule has 1 aliphatic heterocycles. The molecule has 2 heterocycles. The molecule has 0 bridgehead atoms. The highest BCUT2D eigenvalue weighted by molar-refractivity contribution is 5.94. The highest BCUT2D eigenvalue weighted by Gasteiger charge is 2.19. The Morgan fingerprint density at radius 3 is 2.57 bits per heavy atom. The largest absolute Gasteiger partial charge is 0.497 e. The molecule has 0 saturated carbocycles. The number of hydrogen-bond donors (Lipinski definition) is 2. The Morgan fingerprint density at radius 1 is 1.21 bits per heavy atom. The average Bonchev–Trinajstić information content (AvgIpc) is 2.77. The van der Waals surface area contributed by atoms with E-state index >= 15 is 0 Å². The van der Waals surface area contributed by atoms with Crippen LogP contribution < -0.4 is 15.0 Å². The summed E-state index contributed by atoms with van der Waals surface area (Å²) in [6.45, 7) is 2.68. The number of nitrogens with one attached hydrogen (secondary N) is 1. The van der Waals surface area contributed by atoms with Crippen LogP contribution in [0.1, 0.15) is 35.2 Å². The third-order valence-electron chi connectivity index (χ3n) is 5.29. The number of aryl methyl sites for hydroxylation is 1. The van der Waals surface area contributed by atoms with Gasteiger partial charge in [0, 0.05) is 32.4 Å². The van der Waals surface area contributed by atoms with Gasteiger partial charge in [-0.05, 0) is 61.4 Å². The van der Waals surface area contributed by atoms with Crippen molar-refractivity contribution < 1.29 is 14.6 Å². The van der Waals surface area contributed by atoms with Crippen molar-refractivity contribution in [1.82, 2.24) is 10.3 Å². The lowest BCUT2D eigenvalue weighted by atomic mass is 9.98. The zero-order chi connectivity index (χ0) is 19.8. The third kappa shape index (κ3) is 5.45. The second kappa shape index (κ2) is 10.1. The fourth-order valence-corrected chi connectivity index (χ4v) is 3.44. The first-order valence-electron chi connectivity index (χ1n) is 9.92. The van der Waals surface area contributed by atoms with E-state index in [1.165, 1.54) is 5.56 Å². The van der Waals surface area contributed by atoms with Crippen LogP contribution in [-0.2, 0) is 6.42 Å². The lowest BCUT2D eigenvalue weighted by molar-refractivity contribution is 0.0953. The van der Waals surface area contributed by atoms with Gasteiger partial charge in [0.25, 0.3) is 5.91 Å². The second-order valence-corrected chi connectivity index (χ2v) is 7.23. The van der Waals surface area contributed by atoms with Crippen molar-refractivity contribution in [2.75, 3.05) is 38.3 Å². The maximum atomic E-state index is 12.3. The Kier molecular flexibility index (Phi) is 7.25. The van der Waals surface area contributed by atoms with E-state index in [-0.39, 0.29) is 12.5 Å². The summed E-state index contributed by atoms with van der Waals surface area (Å²) >= 11 is 0. The number of ether oxygens (including phenoxy) is 1. The fourth-order valence-electron chi connectivity index (χ4n) is 3.44. The highest BCUT2D eigenvalue weighted by Crippen LogP contribution is 2.21. The Hall–Kier alpha value is -2.60. The van der Waals surface area contributed by atoms with Crippen molar-refractivity contribution in [3.8, 4) is 5.75 Å². The summed E-state index contributed by atoms with van der Waals surface area (Å²) in [7, 11) is 1.66. The minimum absolute atomic E-state index is 0.0900. The maximum absolute atomic E-state index is 12.3. The standard InChI is InChI=1S/C22H29N3O3/c1-28-20-7-4-17(5-8-20)3-2-12-23-22(27)19-6-9-21(24-15-19)25-13-10-18(16-26)11-14-25/h4-9,15,18,26H,2-3,10-14,16H2,1H3,(H,23,27). The van der Waals surface area contributed by atoms with Crippen LogP contribution >= 0.6 is 0 Å². The third-order valence-corrected chi connectivity index (χ3v) is 5.29. The maximum Gasteiger partial charge on any atom is 0.252 e. The molecule has 0 atom stereocenters. The molecule has 2 N–H and O–H groups in total. The first kappa shape index (κ1) is 20.1. The van der Waals surface area contributed by atoms with E-state index < -0.39 is 0 Å². The SMILES string of the molecule is COc1ccc(CCCNC(=O)c2ccc(N3CCC(CO)CC3)nc2)cc1. The second-order valence-electron chi connectivity index (χ2n) is 7.23. The van der Waals surface area contributed by atoms with Crippen molar-refractivity contribution in [3.63, 3.8) is 0 Å². The molecule has 150 valence electrons. The van der Waals surface area contributed by atoms with Gasteiger partial charge in [-0.1, -0.05) is 12.1 Å². The lowest BCUT2D eigenvalue weighted by Gasteiger charge is -2.31. The monoisotopic (exact) mass is 383 g/mol. The topological polar surface area (TPSA) is 74.7 Å². The molecule has 2 aromatic rings. The molecule has 1 amide bonds. The first-order chi connectivity index (χ1) is 13.7. The number of methoxy groups -OCH3 is 1. The average molecular weight is 383 g/mol. The Balaban J connectivity index is 1.41. The van der Waals surface area contributed by atoms with Gasteiger partial charge < -0.3 is 20.1 Å². The number of amides is 1. The summed E-state index contributed by atoms with van der Waals surface area (Å²) in [5.74, 6) is 2.06. The van der Waals surface area contributed by atoms with Crippen LogP contribution in [0, 0.1) is 5.92 Å². The molecular weight excluding hydrogens is 354 g/mol. The molecule has 0 unspecified atom stereocenters. The number of aliphatic hydroxyl groups is 1. The van der Waals surface area contributed by atoms with Crippen molar-refractivity contribution in [2.45, 2.75) is 25.7 Å². The van der Waals surface area contributed by atoms with Gasteiger partial charge >= 0.3 is 0 Å². The predicted octanol–water partition coefficient (Wildman–Crippen LogP) is 2.66. The number of benzene rings is 1. The Morgan fingerprint density at radius 2 is 1.96 bits per heavy atom. The molecule has 1 aromatic carbocycles. The van der Waals surface area contributed by atoms with Gasteiger partial charge in [-0.25, -0.2) is 4.98 Å². The number of rotatable bonds is 8. The molecule has 0 spiro atoms. The van der Waals surface area contributed by atoms with Gasteiger partial charge in [0.05, 0.1) is 12.7 Å². The molecule has 28 heavy (non-hydrogen) atoms. The number of piperidine rings is 1. The zero-order valence-electron chi connectivity index (χ0n) is 16.4. The molecule has 1 aromatic heterocycles. The number of carbonyl (C=O) groups is 1. The normalized spacial score (nSPS) is 14.7. The van der Waals surface area contributed by atoms with Gasteiger partial charge in [-0.3, -0.25) is 4.79 Å². The van der Waals surface area contributed by atoms with Crippen LogP contribution in [0.15, 0.2) is 42.6 Å². The predicted molar refractivity (Wildman–Crippen MR) is 110 cm³/mol. The van der Waals surface area contributed by atoms with E-state index in [1.54, 1.807) is 13.3 Å². The van der Waals surface area contributed by atoms with E-state index in [0.717, 1.165) is 50.3 Å². The zero-order valence-corrected chi connectivity index (χ0v) is 16.4. The summed E-state index contributed by atoms with van der Waals surface area (Å²) in [4.78, 5) is 19.0. The van der Waals surface area contributed by atoms with Crippen molar-refractivity contribution in [2.24, 2.45) is 5.92 Å². The van der Waals surface area contributed by atoms with Gasteiger partial charge in [-0.15, -0.1) is 0 Å². The van der Waals surface area contributed by atoms with E-state index in [0.29, 0.717) is 18.0 Å². The molecule has 3 rings (SSSR count). The van der Waals surface area contributed by atoms with Crippen LogP contribution in [0.25, 0.3) is 0 Å². The molecule has 1 fully saturated rings. The van der Waals surface area contributed by atoms with Crippen molar-refractivity contribution >= 4 is 11.7 Å². The summed E-state index contributed by atoms with van der Waals surface area (Å²) in [6.07, 6.45) is 5.39. The summed E-state index contributed by atoms with van der Waals surface area (Å²) in [5.41, 5.74) is 1.81. The summed E-state index contributed by atoms with van der Waals surface area (Å²) in [5, 5.41) is 12.2. The Labute approximate surface area is 166 Å². The van der Waals surface area contributed by atoms with E-state index in [9.17, 15) is 9.90 Å². The number of carbonyl (C=O) groups excluding carboxylic acids is 1. The van der Waals surface area contributed by atoms with Gasteiger partial charge in [0.2, 0.25) is 0 Å². The molecule has 6 nitrogen and oxygen atoms in total. The van der Waals surface area contributed by atoms with Crippen LogP contribution in [0.5, 0.6) is 5.75 Å². The van der Waals surface area contributed by atoms with Crippen LogP contribution in [0.2, 0.25) is 0 Å². The first-order valence-corrected chi connectivity index (χ1v) is 9.92. The molecule has 0 radical (unpaired) electrons. The number of aliphatic hydroxyl groups excluding tert-OH is 1. The van der Waals surface area contributed by atoms with E-state index in [4.69, 9.17) is 4.74 Å². The van der Waals surface area contributed by atoms with Crippen molar-refractivity contribution in [1.29, 1.82) is 0 Å². The van der Waals surface area contributed by atoms with Crippen LogP contribution in [0.4, 0.5) is 5.82 Å². The highest BCUT2D eigenvalue weighted by atomic mass is 16.5. The van der Waals surface area contributed by atoms with Gasteiger partial charge in [-0.2, -0.15) is 0 Å². The number of pyridine rings is 1. The number of hydrogen-bond acceptors (Lipinski definition) is 5. The minimum Gasteiger partial charge on any atom is -0.497 e. The summed E-state index contributed by atoms with van der Waals surface area (Å²) in [6, 6.07) is 11.7.